The second-order valence-electron chi connectivity index (χ2n) is 5.87. The van der Waals surface area contributed by atoms with Gasteiger partial charge in [-0.3, -0.25) is 4.79 Å². The number of allylic oxidation sites excluding steroid dienone is 1. The van der Waals surface area contributed by atoms with Gasteiger partial charge in [-0.25, -0.2) is 17.7 Å². The van der Waals surface area contributed by atoms with Crippen LogP contribution in [0, 0.1) is 0 Å². The number of nitrogens with one attached hydrogen (secondary N) is 1. The summed E-state index contributed by atoms with van der Waals surface area (Å²) in [6.45, 7) is 1.24. The Morgan fingerprint density at radius 3 is 2.23 bits per heavy atom. The van der Waals surface area contributed by atoms with Crippen LogP contribution in [0.5, 0.6) is 5.75 Å². The summed E-state index contributed by atoms with van der Waals surface area (Å²) in [4.78, 5) is 12.2. The summed E-state index contributed by atoms with van der Waals surface area (Å²) in [5.74, 6) is -3.88. The van der Waals surface area contributed by atoms with E-state index in [9.17, 15) is 22.5 Å². The number of para-hydroxylation sites is 1. The van der Waals surface area contributed by atoms with Crippen molar-refractivity contribution in [3.63, 3.8) is 0 Å². The Hall–Kier alpha value is -3.03. The van der Waals surface area contributed by atoms with Crippen LogP contribution in [0.1, 0.15) is 12.5 Å². The van der Waals surface area contributed by atoms with Crippen LogP contribution < -0.4 is 9.61 Å². The van der Waals surface area contributed by atoms with Crippen molar-refractivity contribution in [3.05, 3.63) is 90.5 Å². The number of esters is 1. The van der Waals surface area contributed by atoms with E-state index in [1.54, 1.807) is 48.5 Å². The highest BCUT2D eigenvalue weighted by molar-refractivity contribution is 7.52. The number of hydrogen-bond donors (Lipinski definition) is 1. The fourth-order valence-electron chi connectivity index (χ4n) is 2.13. The van der Waals surface area contributed by atoms with Crippen LogP contribution in [0.2, 0.25) is 0 Å². The van der Waals surface area contributed by atoms with Gasteiger partial charge in [0.2, 0.25) is 0 Å². The second-order valence-corrected chi connectivity index (χ2v) is 7.49. The third kappa shape index (κ3) is 7.09. The zero-order valence-corrected chi connectivity index (χ0v) is 16.7. The molecule has 0 fully saturated rings. The third-order valence-corrected chi connectivity index (χ3v) is 5.14. The van der Waals surface area contributed by atoms with E-state index in [0.717, 1.165) is 5.56 Å². The van der Waals surface area contributed by atoms with Crippen molar-refractivity contribution >= 4 is 13.7 Å². The molecule has 2 rings (SSSR count). The van der Waals surface area contributed by atoms with Crippen LogP contribution in [-0.2, 0) is 25.2 Å². The largest absolute Gasteiger partial charge is 0.513 e. The molecule has 0 aliphatic carbocycles. The Morgan fingerprint density at radius 1 is 1.07 bits per heavy atom. The predicted molar refractivity (Wildman–Crippen MR) is 104 cm³/mol. The molecule has 0 aromatic heterocycles. The van der Waals surface area contributed by atoms with Crippen LogP contribution >= 0.6 is 7.75 Å². The van der Waals surface area contributed by atoms with E-state index in [2.05, 4.69) is 5.09 Å². The molecule has 0 spiro atoms. The molecular formula is C20H19F3NO5P. The summed E-state index contributed by atoms with van der Waals surface area (Å²) in [5.41, 5.74) is 0.718. The molecule has 2 aromatic rings. The number of benzene rings is 2. The van der Waals surface area contributed by atoms with Crippen molar-refractivity contribution in [3.8, 4) is 5.75 Å². The number of ether oxygens (including phenoxy) is 1. The van der Waals surface area contributed by atoms with Gasteiger partial charge in [0, 0.05) is 0 Å². The van der Waals surface area contributed by atoms with Crippen LogP contribution in [0.25, 0.3) is 0 Å². The molecule has 0 amide bonds. The Morgan fingerprint density at radius 2 is 1.67 bits per heavy atom. The van der Waals surface area contributed by atoms with Crippen LogP contribution in [0.3, 0.4) is 0 Å². The lowest BCUT2D eigenvalue weighted by Crippen LogP contribution is -2.35. The van der Waals surface area contributed by atoms with E-state index in [4.69, 9.17) is 13.8 Å². The zero-order chi connectivity index (χ0) is 22.0. The van der Waals surface area contributed by atoms with Crippen molar-refractivity contribution in [1.82, 2.24) is 5.09 Å². The third-order valence-electron chi connectivity index (χ3n) is 3.55. The molecule has 0 bridgehead atoms. The summed E-state index contributed by atoms with van der Waals surface area (Å²) in [6.07, 6.45) is -0.998. The van der Waals surface area contributed by atoms with E-state index in [-0.39, 0.29) is 12.4 Å². The lowest BCUT2D eigenvalue weighted by molar-refractivity contribution is -0.146. The van der Waals surface area contributed by atoms with Crippen molar-refractivity contribution in [2.24, 2.45) is 0 Å². The summed E-state index contributed by atoms with van der Waals surface area (Å²) in [7, 11) is -4.59. The van der Waals surface area contributed by atoms with Gasteiger partial charge in [-0.2, -0.15) is 5.09 Å². The molecule has 1 N–H and O–H groups in total. The molecule has 2 atom stereocenters. The molecule has 0 heterocycles. The van der Waals surface area contributed by atoms with E-state index in [1.165, 1.54) is 19.1 Å². The first-order chi connectivity index (χ1) is 14.4. The molecule has 160 valence electrons. The number of carbonyl (C=O) groups excluding carboxylic acids is 1. The number of rotatable bonds is 10. The molecule has 0 aliphatic heterocycles. The van der Waals surface area contributed by atoms with Gasteiger partial charge >= 0.3 is 13.7 Å². The number of halogens is 3. The molecular weight excluding hydrogens is 422 g/mol. The maximum absolute atomic E-state index is 13.4. The van der Waals surface area contributed by atoms with Crippen LogP contribution in [-0.4, -0.2) is 12.0 Å². The molecule has 0 radical (unpaired) electrons. The monoisotopic (exact) mass is 441 g/mol. The van der Waals surface area contributed by atoms with Gasteiger partial charge in [0.1, 0.15) is 31.1 Å². The molecule has 2 aromatic carbocycles. The first-order valence-electron chi connectivity index (χ1n) is 8.66. The topological polar surface area (TPSA) is 73.9 Å². The normalized spacial score (nSPS) is 15.1. The average Bonchev–Trinajstić information content (AvgIpc) is 2.76. The molecule has 0 saturated carbocycles. The fourth-order valence-corrected chi connectivity index (χ4v) is 3.64. The SMILES string of the molecule is C[C@H](N[P@@](=O)(OC(=C\F)/C(F)=C/F)Oc1ccccc1)C(=O)OCc1ccccc1. The summed E-state index contributed by atoms with van der Waals surface area (Å²) in [5, 5.41) is 2.23. The smallest absolute Gasteiger partial charge is 0.460 e. The lowest BCUT2D eigenvalue weighted by Gasteiger charge is -2.23. The maximum atomic E-state index is 13.4. The Balaban J connectivity index is 2.14. The zero-order valence-electron chi connectivity index (χ0n) is 15.8. The van der Waals surface area contributed by atoms with Gasteiger partial charge in [-0.05, 0) is 24.6 Å². The van der Waals surface area contributed by atoms with Crippen LogP contribution in [0.4, 0.5) is 13.2 Å². The minimum Gasteiger partial charge on any atom is -0.460 e. The van der Waals surface area contributed by atoms with E-state index in [1.807, 2.05) is 0 Å². The van der Waals surface area contributed by atoms with Gasteiger partial charge in [0.25, 0.3) is 0 Å². The molecule has 0 saturated heterocycles. The van der Waals surface area contributed by atoms with Crippen molar-refractivity contribution in [2.75, 3.05) is 0 Å². The first-order valence-corrected chi connectivity index (χ1v) is 10.2. The van der Waals surface area contributed by atoms with E-state index < -0.39 is 44.0 Å². The molecule has 0 unspecified atom stereocenters. The standard InChI is InChI=1S/C20H19F3NO5P/c1-15(20(25)27-14-16-8-4-2-5-9-16)24-30(26,28-17-10-6-3-7-11-17)29-19(13-22)18(23)12-21/h2-13,15H,14H2,1H3,(H,24,26)/b18-12-,19-13-/t15-,30-/m0/s1. The van der Waals surface area contributed by atoms with Gasteiger partial charge in [0.05, 0.1) is 0 Å². The molecule has 0 aliphatic rings. The second kappa shape index (κ2) is 11.2. The number of carbonyl (C=O) groups is 1. The molecule has 6 nitrogen and oxygen atoms in total. The predicted octanol–water partition coefficient (Wildman–Crippen LogP) is 5.50. The average molecular weight is 441 g/mol. The summed E-state index contributed by atoms with van der Waals surface area (Å²) < 4.78 is 66.9. The quantitative estimate of drug-likeness (QED) is 0.227. The van der Waals surface area contributed by atoms with Crippen molar-refractivity contribution in [1.29, 1.82) is 0 Å². The lowest BCUT2D eigenvalue weighted by atomic mass is 10.2. The summed E-state index contributed by atoms with van der Waals surface area (Å²) >= 11 is 0. The van der Waals surface area contributed by atoms with Crippen LogP contribution in [0.15, 0.2) is 84.9 Å². The highest BCUT2D eigenvalue weighted by atomic mass is 31.2. The Kier molecular flexibility index (Phi) is 8.70. The Bertz CT molecular complexity index is 938. The van der Waals surface area contributed by atoms with E-state index in [0.29, 0.717) is 0 Å². The van der Waals surface area contributed by atoms with Gasteiger partial charge < -0.3 is 13.8 Å². The van der Waals surface area contributed by atoms with Gasteiger partial charge in [-0.15, -0.1) is 0 Å². The minimum atomic E-state index is -4.59. The highest BCUT2D eigenvalue weighted by Crippen LogP contribution is 2.48. The molecule has 30 heavy (non-hydrogen) atoms. The fraction of sp³-hybridized carbons (Fsp3) is 0.150. The minimum absolute atomic E-state index is 0.0148. The van der Waals surface area contributed by atoms with Gasteiger partial charge in [0.15, 0.2) is 11.6 Å². The first kappa shape index (κ1) is 23.3. The van der Waals surface area contributed by atoms with Gasteiger partial charge in [-0.1, -0.05) is 48.5 Å². The van der Waals surface area contributed by atoms with Crippen molar-refractivity contribution < 1.29 is 36.3 Å². The van der Waals surface area contributed by atoms with Crippen molar-refractivity contribution in [2.45, 2.75) is 19.6 Å². The van der Waals surface area contributed by atoms with E-state index >= 15 is 0 Å². The maximum Gasteiger partial charge on any atom is 0.513 e. The number of hydrogen-bond acceptors (Lipinski definition) is 5. The highest BCUT2D eigenvalue weighted by Gasteiger charge is 2.35. The Labute approximate surface area is 171 Å². The summed E-state index contributed by atoms with van der Waals surface area (Å²) in [6, 6.07) is 15.1. The molecule has 10 heteroatoms.